The van der Waals surface area contributed by atoms with Crippen LogP contribution in [0.3, 0.4) is 0 Å². The second kappa shape index (κ2) is 7.09. The third-order valence-corrected chi connectivity index (χ3v) is 4.25. The molecule has 0 aliphatic heterocycles. The number of H-pyrrole nitrogens is 1. The summed E-state index contributed by atoms with van der Waals surface area (Å²) in [6.45, 7) is 0. The van der Waals surface area contributed by atoms with Gasteiger partial charge < -0.3 is 10.1 Å². The minimum absolute atomic E-state index is 0.313. The van der Waals surface area contributed by atoms with Crippen molar-refractivity contribution in [2.45, 2.75) is 6.10 Å². The highest BCUT2D eigenvalue weighted by molar-refractivity contribution is 5.78. The molecule has 0 amide bonds. The van der Waals surface area contributed by atoms with Gasteiger partial charge in [-0.05, 0) is 54.1 Å². The van der Waals surface area contributed by atoms with E-state index >= 15 is 0 Å². The van der Waals surface area contributed by atoms with Gasteiger partial charge in [-0.15, -0.1) is 0 Å². The topological polar surface area (TPSA) is 61.8 Å². The highest BCUT2D eigenvalue weighted by Gasteiger charge is 2.20. The normalized spacial score (nSPS) is 12.1. The minimum atomic E-state index is -1.06. The van der Waals surface area contributed by atoms with Gasteiger partial charge in [0.2, 0.25) is 0 Å². The average molecular weight is 363 g/mol. The third kappa shape index (κ3) is 3.47. The van der Waals surface area contributed by atoms with Gasteiger partial charge in [-0.25, -0.2) is 13.8 Å². The first-order valence-electron chi connectivity index (χ1n) is 8.31. The number of rotatable bonds is 4. The summed E-state index contributed by atoms with van der Waals surface area (Å²) in [5, 5.41) is 10.7. The van der Waals surface area contributed by atoms with Crippen LogP contribution in [-0.4, -0.2) is 20.1 Å². The van der Waals surface area contributed by atoms with Crippen molar-refractivity contribution < 1.29 is 13.9 Å². The van der Waals surface area contributed by atoms with Gasteiger partial charge in [-0.3, -0.25) is 4.98 Å². The Morgan fingerprint density at radius 1 is 0.778 bits per heavy atom. The summed E-state index contributed by atoms with van der Waals surface area (Å²) >= 11 is 0. The number of imidazole rings is 1. The Bertz CT molecular complexity index is 1050. The Labute approximate surface area is 154 Å². The number of aliphatic hydroxyl groups excluding tert-OH is 1. The lowest BCUT2D eigenvalue weighted by Gasteiger charge is -2.07. The van der Waals surface area contributed by atoms with Crippen LogP contribution in [0.2, 0.25) is 0 Å². The molecular formula is C21H15F2N3O. The predicted octanol–water partition coefficient (Wildman–Crippen LogP) is 4.50. The van der Waals surface area contributed by atoms with Gasteiger partial charge in [-0.2, -0.15) is 0 Å². The van der Waals surface area contributed by atoms with Crippen molar-refractivity contribution in [1.29, 1.82) is 0 Å². The van der Waals surface area contributed by atoms with Gasteiger partial charge in [-0.1, -0.05) is 12.1 Å². The fourth-order valence-corrected chi connectivity index (χ4v) is 2.87. The maximum absolute atomic E-state index is 13.3. The van der Waals surface area contributed by atoms with E-state index in [1.807, 2.05) is 12.1 Å². The van der Waals surface area contributed by atoms with Crippen LogP contribution in [0.15, 0.2) is 73.1 Å². The molecule has 6 heteroatoms. The van der Waals surface area contributed by atoms with E-state index in [9.17, 15) is 13.9 Å². The van der Waals surface area contributed by atoms with Gasteiger partial charge in [0.1, 0.15) is 23.6 Å². The predicted molar refractivity (Wildman–Crippen MR) is 97.7 cm³/mol. The highest BCUT2D eigenvalue weighted by Crippen LogP contribution is 2.32. The number of pyridine rings is 1. The molecule has 0 spiro atoms. The second-order valence-corrected chi connectivity index (χ2v) is 6.04. The first-order valence-corrected chi connectivity index (χ1v) is 8.31. The van der Waals surface area contributed by atoms with Crippen LogP contribution in [0, 0.1) is 11.6 Å². The van der Waals surface area contributed by atoms with E-state index in [4.69, 9.17) is 0 Å². The van der Waals surface area contributed by atoms with Crippen molar-refractivity contribution >= 4 is 0 Å². The standard InChI is InChI=1S/C21H15F2N3O/c22-16-5-1-13(2-6-16)18-19(14-9-11-24-12-10-14)26-21(25-18)20(27)15-3-7-17(23)8-4-15/h1-12,20,27H,(H,25,26). The molecule has 2 N–H and O–H groups in total. The summed E-state index contributed by atoms with van der Waals surface area (Å²) in [5.74, 6) is -0.408. The number of nitrogens with one attached hydrogen (secondary N) is 1. The van der Waals surface area contributed by atoms with Crippen LogP contribution >= 0.6 is 0 Å². The Morgan fingerprint density at radius 3 is 2.00 bits per heavy atom. The SMILES string of the molecule is OC(c1ccc(F)cc1)c1nc(-c2ccc(F)cc2)c(-c2ccncc2)[nH]1. The fraction of sp³-hybridized carbons (Fsp3) is 0.0476. The van der Waals surface area contributed by atoms with Gasteiger partial charge in [0.05, 0.1) is 11.4 Å². The maximum Gasteiger partial charge on any atom is 0.140 e. The molecule has 0 bridgehead atoms. The molecule has 1 unspecified atom stereocenters. The molecule has 0 saturated heterocycles. The van der Waals surface area contributed by atoms with Crippen molar-refractivity contribution in [2.75, 3.05) is 0 Å². The second-order valence-electron chi connectivity index (χ2n) is 6.04. The molecule has 4 rings (SSSR count). The van der Waals surface area contributed by atoms with Crippen molar-refractivity contribution in [3.05, 3.63) is 96.1 Å². The molecule has 0 aliphatic carbocycles. The minimum Gasteiger partial charge on any atom is -0.380 e. The molecule has 134 valence electrons. The summed E-state index contributed by atoms with van der Waals surface area (Å²) in [7, 11) is 0. The molecule has 4 nitrogen and oxygen atoms in total. The molecular weight excluding hydrogens is 348 g/mol. The van der Waals surface area contributed by atoms with E-state index < -0.39 is 6.10 Å². The number of hydrogen-bond acceptors (Lipinski definition) is 3. The molecule has 0 radical (unpaired) electrons. The molecule has 1 atom stereocenters. The lowest BCUT2D eigenvalue weighted by Crippen LogP contribution is -2.02. The van der Waals surface area contributed by atoms with Crippen molar-refractivity contribution in [1.82, 2.24) is 15.0 Å². The number of halogens is 2. The van der Waals surface area contributed by atoms with Gasteiger partial charge in [0.25, 0.3) is 0 Å². The quantitative estimate of drug-likeness (QED) is 0.561. The summed E-state index contributed by atoms with van der Waals surface area (Å²) in [4.78, 5) is 11.7. The van der Waals surface area contributed by atoms with E-state index in [1.165, 1.54) is 36.4 Å². The largest absolute Gasteiger partial charge is 0.380 e. The zero-order valence-electron chi connectivity index (χ0n) is 14.1. The number of aromatic nitrogens is 3. The van der Waals surface area contributed by atoms with Gasteiger partial charge in [0.15, 0.2) is 0 Å². The van der Waals surface area contributed by atoms with E-state index in [2.05, 4.69) is 15.0 Å². The smallest absolute Gasteiger partial charge is 0.140 e. The molecule has 0 fully saturated rings. The zero-order chi connectivity index (χ0) is 18.8. The average Bonchev–Trinajstić information content (AvgIpc) is 3.15. The van der Waals surface area contributed by atoms with Crippen LogP contribution in [0.5, 0.6) is 0 Å². The van der Waals surface area contributed by atoms with Crippen molar-refractivity contribution in [2.24, 2.45) is 0 Å². The van der Waals surface area contributed by atoms with Crippen molar-refractivity contribution in [3.8, 4) is 22.5 Å². The number of benzene rings is 2. The summed E-state index contributed by atoms with van der Waals surface area (Å²) in [6, 6.07) is 15.2. The van der Waals surface area contributed by atoms with Gasteiger partial charge >= 0.3 is 0 Å². The van der Waals surface area contributed by atoms with Crippen LogP contribution in [0.1, 0.15) is 17.5 Å². The van der Waals surface area contributed by atoms with Crippen LogP contribution in [-0.2, 0) is 0 Å². The number of aromatic amines is 1. The van der Waals surface area contributed by atoms with E-state index in [0.717, 1.165) is 5.56 Å². The maximum atomic E-state index is 13.3. The summed E-state index contributed by atoms with van der Waals surface area (Å²) < 4.78 is 26.5. The molecule has 2 aromatic heterocycles. The Balaban J connectivity index is 1.82. The van der Waals surface area contributed by atoms with Crippen LogP contribution < -0.4 is 0 Å². The van der Waals surface area contributed by atoms with E-state index in [0.29, 0.717) is 28.3 Å². The highest BCUT2D eigenvalue weighted by atomic mass is 19.1. The Hall–Kier alpha value is -3.38. The molecule has 27 heavy (non-hydrogen) atoms. The molecule has 0 aliphatic rings. The fourth-order valence-electron chi connectivity index (χ4n) is 2.87. The monoisotopic (exact) mass is 363 g/mol. The first-order chi connectivity index (χ1) is 13.1. The number of aliphatic hydroxyl groups is 1. The summed E-state index contributed by atoms with van der Waals surface area (Å²) in [5.41, 5.74) is 3.31. The number of nitrogens with zero attached hydrogens (tertiary/aromatic N) is 2. The lowest BCUT2D eigenvalue weighted by atomic mass is 10.1. The molecule has 4 aromatic rings. The van der Waals surface area contributed by atoms with Crippen LogP contribution in [0.25, 0.3) is 22.5 Å². The lowest BCUT2D eigenvalue weighted by molar-refractivity contribution is 0.211. The van der Waals surface area contributed by atoms with E-state index in [1.54, 1.807) is 24.5 Å². The van der Waals surface area contributed by atoms with Gasteiger partial charge in [0, 0.05) is 23.5 Å². The molecule has 2 heterocycles. The molecule has 0 saturated carbocycles. The van der Waals surface area contributed by atoms with E-state index in [-0.39, 0.29) is 11.6 Å². The van der Waals surface area contributed by atoms with Crippen LogP contribution in [0.4, 0.5) is 8.78 Å². The third-order valence-electron chi connectivity index (χ3n) is 4.25. The Morgan fingerprint density at radius 2 is 1.37 bits per heavy atom. The first kappa shape index (κ1) is 17.1. The zero-order valence-corrected chi connectivity index (χ0v) is 14.1. The number of hydrogen-bond donors (Lipinski definition) is 2. The van der Waals surface area contributed by atoms with Crippen molar-refractivity contribution in [3.63, 3.8) is 0 Å². The molecule has 2 aromatic carbocycles. The summed E-state index contributed by atoms with van der Waals surface area (Å²) in [6.07, 6.45) is 2.25. The Kier molecular flexibility index (Phi) is 4.48.